The summed E-state index contributed by atoms with van der Waals surface area (Å²) in [5, 5.41) is 13.8. The summed E-state index contributed by atoms with van der Waals surface area (Å²) in [5.41, 5.74) is 1.30. The van der Waals surface area contributed by atoms with Gasteiger partial charge in [-0.3, -0.25) is 19.7 Å². The molecule has 0 aromatic heterocycles. The molecule has 0 bridgehead atoms. The Bertz CT molecular complexity index is 914. The van der Waals surface area contributed by atoms with Gasteiger partial charge in [0.15, 0.2) is 0 Å². The number of amides is 2. The molecule has 1 atom stereocenters. The lowest BCUT2D eigenvalue weighted by atomic mass is 10.1. The number of rotatable bonds is 6. The molecule has 3 rings (SSSR count). The number of nitro benzene ring substituents is 1. The van der Waals surface area contributed by atoms with Crippen molar-refractivity contribution in [3.05, 3.63) is 75.1 Å². The molecule has 2 amide bonds. The number of halogens is 1. The second-order valence-corrected chi connectivity index (χ2v) is 6.89. The molecule has 1 heterocycles. The maximum atomic E-state index is 13.0. The van der Waals surface area contributed by atoms with Crippen LogP contribution in [0, 0.1) is 28.8 Å². The topological polar surface area (TPSA) is 92.6 Å². The normalized spacial score (nSPS) is 16.3. The monoisotopic (exact) mass is 385 g/mol. The van der Waals surface area contributed by atoms with Crippen molar-refractivity contribution in [1.82, 2.24) is 10.2 Å². The Morgan fingerprint density at radius 1 is 1.29 bits per heavy atom. The molecule has 1 aliphatic heterocycles. The maximum absolute atomic E-state index is 13.0. The lowest BCUT2D eigenvalue weighted by molar-refractivity contribution is -0.385. The van der Waals surface area contributed by atoms with Crippen LogP contribution in [0.3, 0.4) is 0 Å². The lowest BCUT2D eigenvalue weighted by Gasteiger charge is -2.17. The zero-order valence-electron chi connectivity index (χ0n) is 15.4. The van der Waals surface area contributed by atoms with Gasteiger partial charge >= 0.3 is 0 Å². The molecule has 7 nitrogen and oxygen atoms in total. The molecule has 8 heteroatoms. The fourth-order valence-electron chi connectivity index (χ4n) is 3.35. The van der Waals surface area contributed by atoms with Gasteiger partial charge in [-0.2, -0.15) is 0 Å². The Morgan fingerprint density at radius 3 is 2.68 bits per heavy atom. The Hall–Kier alpha value is -3.29. The number of nitrogens with one attached hydrogen (secondary N) is 1. The molecule has 28 heavy (non-hydrogen) atoms. The lowest BCUT2D eigenvalue weighted by Crippen LogP contribution is -2.31. The van der Waals surface area contributed by atoms with E-state index >= 15 is 0 Å². The fourth-order valence-corrected chi connectivity index (χ4v) is 3.35. The number of nitro groups is 1. The smallest absolute Gasteiger partial charge is 0.273 e. The van der Waals surface area contributed by atoms with E-state index in [0.29, 0.717) is 31.6 Å². The first-order valence-corrected chi connectivity index (χ1v) is 8.89. The largest absolute Gasteiger partial charge is 0.352 e. The van der Waals surface area contributed by atoms with Gasteiger partial charge in [-0.1, -0.05) is 18.2 Å². The van der Waals surface area contributed by atoms with Crippen LogP contribution in [0.15, 0.2) is 42.5 Å². The summed E-state index contributed by atoms with van der Waals surface area (Å²) in [6.45, 7) is 2.72. The highest BCUT2D eigenvalue weighted by Crippen LogP contribution is 2.22. The Balaban J connectivity index is 1.57. The molecule has 1 aliphatic rings. The van der Waals surface area contributed by atoms with E-state index in [1.807, 2.05) is 0 Å². The van der Waals surface area contributed by atoms with Gasteiger partial charge in [0.1, 0.15) is 5.82 Å². The van der Waals surface area contributed by atoms with E-state index in [2.05, 4.69) is 5.32 Å². The molecular weight excluding hydrogens is 365 g/mol. The van der Waals surface area contributed by atoms with Crippen molar-refractivity contribution in [2.24, 2.45) is 5.92 Å². The van der Waals surface area contributed by atoms with E-state index in [1.54, 1.807) is 17.0 Å². The van der Waals surface area contributed by atoms with Crippen LogP contribution >= 0.6 is 0 Å². The molecule has 0 aliphatic carbocycles. The van der Waals surface area contributed by atoms with Crippen molar-refractivity contribution < 1.29 is 18.9 Å². The van der Waals surface area contributed by atoms with Gasteiger partial charge < -0.3 is 10.2 Å². The molecule has 2 aromatic carbocycles. The van der Waals surface area contributed by atoms with Crippen molar-refractivity contribution in [2.75, 3.05) is 13.1 Å². The van der Waals surface area contributed by atoms with Crippen LogP contribution in [-0.4, -0.2) is 34.7 Å². The predicted octanol–water partition coefficient (Wildman–Crippen LogP) is 2.82. The average molecular weight is 385 g/mol. The van der Waals surface area contributed by atoms with Gasteiger partial charge in [-0.05, 0) is 30.7 Å². The summed E-state index contributed by atoms with van der Waals surface area (Å²) < 4.78 is 13.0. The quantitative estimate of drug-likeness (QED) is 0.611. The summed E-state index contributed by atoms with van der Waals surface area (Å²) in [6.07, 6.45) is 0.315. The molecule has 0 radical (unpaired) electrons. The third kappa shape index (κ3) is 4.33. The Labute approximate surface area is 161 Å². The minimum absolute atomic E-state index is 0.0184. The number of hydrogen-bond acceptors (Lipinski definition) is 4. The number of hydrogen-bond donors (Lipinski definition) is 1. The van der Waals surface area contributed by atoms with Crippen molar-refractivity contribution in [2.45, 2.75) is 19.9 Å². The Morgan fingerprint density at radius 2 is 2.00 bits per heavy atom. The van der Waals surface area contributed by atoms with E-state index in [4.69, 9.17) is 0 Å². The van der Waals surface area contributed by atoms with Crippen molar-refractivity contribution in [3.63, 3.8) is 0 Å². The van der Waals surface area contributed by atoms with E-state index < -0.39 is 10.8 Å². The highest BCUT2D eigenvalue weighted by molar-refractivity contribution is 5.96. The number of carbonyl (C=O) groups is 2. The molecule has 2 aromatic rings. The predicted molar refractivity (Wildman–Crippen MR) is 100 cm³/mol. The number of carbonyl (C=O) groups excluding carboxylic acids is 2. The van der Waals surface area contributed by atoms with Gasteiger partial charge in [0.25, 0.3) is 11.6 Å². The van der Waals surface area contributed by atoms with E-state index in [-0.39, 0.29) is 28.9 Å². The summed E-state index contributed by atoms with van der Waals surface area (Å²) in [7, 11) is 0. The van der Waals surface area contributed by atoms with Gasteiger partial charge in [-0.15, -0.1) is 0 Å². The third-order valence-electron chi connectivity index (χ3n) is 4.88. The zero-order valence-corrected chi connectivity index (χ0v) is 15.4. The molecule has 1 fully saturated rings. The molecule has 1 saturated heterocycles. The first-order chi connectivity index (χ1) is 13.3. The van der Waals surface area contributed by atoms with E-state index in [9.17, 15) is 24.1 Å². The molecule has 0 spiro atoms. The van der Waals surface area contributed by atoms with Gasteiger partial charge in [0, 0.05) is 49.2 Å². The zero-order chi connectivity index (χ0) is 20.3. The molecular formula is C20H20FN3O4. The standard InChI is InChI=1S/C20H20FN3O4/c1-13-17(3-2-4-18(13)24(27)28)20(26)22-10-15-9-19(25)23(12-15)11-14-5-7-16(21)8-6-14/h2-8,15H,9-12H2,1H3,(H,22,26). The summed E-state index contributed by atoms with van der Waals surface area (Å²) in [4.78, 5) is 36.8. The fraction of sp³-hybridized carbons (Fsp3) is 0.300. The van der Waals surface area contributed by atoms with Gasteiger partial charge in [-0.25, -0.2) is 4.39 Å². The van der Waals surface area contributed by atoms with E-state index in [0.717, 1.165) is 5.56 Å². The Kier molecular flexibility index (Phi) is 5.67. The molecule has 146 valence electrons. The SMILES string of the molecule is Cc1c(C(=O)NCC2CC(=O)N(Cc3ccc(F)cc3)C2)cccc1[N+](=O)[O-]. The molecule has 1 unspecified atom stereocenters. The highest BCUT2D eigenvalue weighted by atomic mass is 19.1. The van der Waals surface area contributed by atoms with Gasteiger partial charge in [0.2, 0.25) is 5.91 Å². The van der Waals surface area contributed by atoms with Crippen LogP contribution in [0.25, 0.3) is 0 Å². The van der Waals surface area contributed by atoms with Crippen molar-refractivity contribution >= 4 is 17.5 Å². The summed E-state index contributed by atoms with van der Waals surface area (Å²) in [5.74, 6) is -0.787. The molecule has 1 N–H and O–H groups in total. The first-order valence-electron chi connectivity index (χ1n) is 8.89. The summed E-state index contributed by atoms with van der Waals surface area (Å²) >= 11 is 0. The van der Waals surface area contributed by atoms with Crippen molar-refractivity contribution in [3.8, 4) is 0 Å². The molecule has 0 saturated carbocycles. The second kappa shape index (κ2) is 8.16. The minimum atomic E-state index is -0.519. The summed E-state index contributed by atoms with van der Waals surface area (Å²) in [6, 6.07) is 10.4. The maximum Gasteiger partial charge on any atom is 0.273 e. The van der Waals surface area contributed by atoms with Crippen LogP contribution in [-0.2, 0) is 11.3 Å². The first kappa shape index (κ1) is 19.5. The van der Waals surface area contributed by atoms with Crippen molar-refractivity contribution in [1.29, 1.82) is 0 Å². The van der Waals surface area contributed by atoms with Crippen LogP contribution in [0.2, 0.25) is 0 Å². The highest BCUT2D eigenvalue weighted by Gasteiger charge is 2.30. The third-order valence-corrected chi connectivity index (χ3v) is 4.88. The van der Waals surface area contributed by atoms with Crippen LogP contribution in [0.1, 0.15) is 27.9 Å². The minimum Gasteiger partial charge on any atom is -0.352 e. The van der Waals surface area contributed by atoms with Crippen LogP contribution in [0.4, 0.5) is 10.1 Å². The second-order valence-electron chi connectivity index (χ2n) is 6.89. The number of nitrogens with zero attached hydrogens (tertiary/aromatic N) is 2. The van der Waals surface area contributed by atoms with Crippen LogP contribution in [0.5, 0.6) is 0 Å². The number of benzene rings is 2. The van der Waals surface area contributed by atoms with Crippen LogP contribution < -0.4 is 5.32 Å². The van der Waals surface area contributed by atoms with Gasteiger partial charge in [0.05, 0.1) is 4.92 Å². The van der Waals surface area contributed by atoms with E-state index in [1.165, 1.54) is 37.3 Å². The number of likely N-dealkylation sites (tertiary alicyclic amines) is 1. The average Bonchev–Trinajstić information content (AvgIpc) is 3.01.